The van der Waals surface area contributed by atoms with Gasteiger partial charge in [-0.15, -0.1) is 0 Å². The molecule has 1 aliphatic rings. The summed E-state index contributed by atoms with van der Waals surface area (Å²) in [6.07, 6.45) is 0. The van der Waals surface area contributed by atoms with Crippen molar-refractivity contribution in [3.8, 4) is 5.75 Å². The van der Waals surface area contributed by atoms with Crippen LogP contribution in [0.2, 0.25) is 0 Å². The fraction of sp³-hybridized carbons (Fsp3) is 0.529. The van der Waals surface area contributed by atoms with Crippen LogP contribution in [0.15, 0.2) is 18.2 Å². The number of benzene rings is 1. The van der Waals surface area contributed by atoms with E-state index >= 15 is 0 Å². The van der Waals surface area contributed by atoms with Crippen LogP contribution < -0.4 is 10.1 Å². The topological polar surface area (TPSA) is 68.6 Å². The number of rotatable bonds is 6. The average molecular weight is 332 g/mol. The number of ether oxygens (including phenoxy) is 2. The van der Waals surface area contributed by atoms with E-state index in [4.69, 9.17) is 9.47 Å². The number of aromatic nitrogens is 2. The van der Waals surface area contributed by atoms with Gasteiger partial charge in [-0.25, -0.2) is 0 Å². The van der Waals surface area contributed by atoms with Gasteiger partial charge in [0.05, 0.1) is 26.9 Å². The number of carbonyl (C=O) groups excluding carboxylic acids is 1. The first-order valence-electron chi connectivity index (χ1n) is 8.36. The molecule has 1 aliphatic heterocycles. The van der Waals surface area contributed by atoms with Crippen LogP contribution in [0.25, 0.3) is 10.9 Å². The minimum atomic E-state index is -0.152. The smallest absolute Gasteiger partial charge is 0.272 e. The minimum Gasteiger partial charge on any atom is -0.494 e. The Kier molecular flexibility index (Phi) is 5.32. The molecule has 24 heavy (non-hydrogen) atoms. The summed E-state index contributed by atoms with van der Waals surface area (Å²) in [6.45, 7) is 7.45. The summed E-state index contributed by atoms with van der Waals surface area (Å²) < 4.78 is 12.8. The van der Waals surface area contributed by atoms with Crippen LogP contribution in [0.5, 0.6) is 5.75 Å². The van der Waals surface area contributed by atoms with E-state index in [1.54, 1.807) is 7.11 Å². The van der Waals surface area contributed by atoms with E-state index in [0.717, 1.165) is 49.5 Å². The second-order valence-electron chi connectivity index (χ2n) is 5.74. The zero-order chi connectivity index (χ0) is 16.9. The molecule has 1 aromatic heterocycles. The number of nitrogens with one attached hydrogen (secondary N) is 1. The molecule has 0 radical (unpaired) electrons. The normalized spacial score (nSPS) is 15.6. The number of morpholine rings is 1. The molecule has 0 aliphatic carbocycles. The number of nitrogens with zero attached hydrogens (tertiary/aromatic N) is 3. The number of amides is 1. The third kappa shape index (κ3) is 3.37. The number of carbonyl (C=O) groups is 1. The van der Waals surface area contributed by atoms with E-state index < -0.39 is 0 Å². The Bertz CT molecular complexity index is 707. The molecule has 7 nitrogen and oxygen atoms in total. The number of methoxy groups -OCH3 is 1. The van der Waals surface area contributed by atoms with Crippen molar-refractivity contribution >= 4 is 16.8 Å². The molecule has 2 aromatic rings. The first-order valence-corrected chi connectivity index (χ1v) is 8.36. The maximum absolute atomic E-state index is 12.3. The lowest BCUT2D eigenvalue weighted by Crippen LogP contribution is -2.38. The van der Waals surface area contributed by atoms with E-state index in [1.807, 2.05) is 29.8 Å². The SMILES string of the molecule is CCNC(=O)c1nn(CCN2CCOCC2)c2c(OC)cccc12. The van der Waals surface area contributed by atoms with Crippen molar-refractivity contribution < 1.29 is 14.3 Å². The van der Waals surface area contributed by atoms with Gasteiger partial charge in [0.25, 0.3) is 5.91 Å². The molecule has 7 heteroatoms. The molecule has 1 fully saturated rings. The third-order valence-corrected chi connectivity index (χ3v) is 4.24. The lowest BCUT2D eigenvalue weighted by atomic mass is 10.2. The number of para-hydroxylation sites is 1. The van der Waals surface area contributed by atoms with Crippen LogP contribution >= 0.6 is 0 Å². The Morgan fingerprint density at radius 1 is 1.33 bits per heavy atom. The molecular weight excluding hydrogens is 308 g/mol. The molecule has 0 bridgehead atoms. The van der Waals surface area contributed by atoms with Crippen LogP contribution in [0, 0.1) is 0 Å². The molecule has 0 unspecified atom stereocenters. The van der Waals surface area contributed by atoms with Gasteiger partial charge >= 0.3 is 0 Å². The molecule has 3 rings (SSSR count). The maximum atomic E-state index is 12.3. The van der Waals surface area contributed by atoms with Crippen molar-refractivity contribution in [3.05, 3.63) is 23.9 Å². The van der Waals surface area contributed by atoms with E-state index in [0.29, 0.717) is 18.8 Å². The van der Waals surface area contributed by atoms with E-state index in [9.17, 15) is 4.79 Å². The van der Waals surface area contributed by atoms with Crippen molar-refractivity contribution in [2.75, 3.05) is 46.5 Å². The van der Waals surface area contributed by atoms with Crippen molar-refractivity contribution in [2.24, 2.45) is 0 Å². The first kappa shape index (κ1) is 16.7. The van der Waals surface area contributed by atoms with Gasteiger partial charge in [-0.1, -0.05) is 12.1 Å². The molecule has 1 N–H and O–H groups in total. The summed E-state index contributed by atoms with van der Waals surface area (Å²) in [6, 6.07) is 5.70. The quantitative estimate of drug-likeness (QED) is 0.859. The van der Waals surface area contributed by atoms with Gasteiger partial charge in [-0.2, -0.15) is 5.10 Å². The third-order valence-electron chi connectivity index (χ3n) is 4.24. The highest BCUT2D eigenvalue weighted by molar-refractivity contribution is 6.06. The Hall–Kier alpha value is -2.12. The molecule has 0 spiro atoms. The summed E-state index contributed by atoms with van der Waals surface area (Å²) in [4.78, 5) is 14.7. The summed E-state index contributed by atoms with van der Waals surface area (Å²) >= 11 is 0. The Labute approximate surface area is 141 Å². The first-order chi connectivity index (χ1) is 11.7. The summed E-state index contributed by atoms with van der Waals surface area (Å²) in [5, 5.41) is 8.22. The van der Waals surface area contributed by atoms with E-state index in [1.165, 1.54) is 0 Å². The Morgan fingerprint density at radius 2 is 2.12 bits per heavy atom. The van der Waals surface area contributed by atoms with Crippen LogP contribution in [0.3, 0.4) is 0 Å². The Morgan fingerprint density at radius 3 is 2.83 bits per heavy atom. The molecule has 1 saturated heterocycles. The summed E-state index contributed by atoms with van der Waals surface area (Å²) in [5.74, 6) is 0.582. The minimum absolute atomic E-state index is 0.152. The van der Waals surface area contributed by atoms with Crippen LogP contribution in [-0.4, -0.2) is 67.1 Å². The summed E-state index contributed by atoms with van der Waals surface area (Å²) in [5.41, 5.74) is 1.32. The fourth-order valence-corrected chi connectivity index (χ4v) is 3.00. The van der Waals surface area contributed by atoms with Crippen molar-refractivity contribution in [1.29, 1.82) is 0 Å². The molecule has 0 saturated carbocycles. The molecule has 1 aromatic carbocycles. The number of fused-ring (bicyclic) bond motifs is 1. The van der Waals surface area contributed by atoms with Crippen LogP contribution in [0.4, 0.5) is 0 Å². The monoisotopic (exact) mass is 332 g/mol. The molecule has 0 atom stereocenters. The lowest BCUT2D eigenvalue weighted by Gasteiger charge is -2.26. The number of hydrogen-bond acceptors (Lipinski definition) is 5. The Balaban J connectivity index is 1.91. The lowest BCUT2D eigenvalue weighted by molar-refractivity contribution is 0.0361. The maximum Gasteiger partial charge on any atom is 0.272 e. The molecule has 130 valence electrons. The highest BCUT2D eigenvalue weighted by Crippen LogP contribution is 2.28. The van der Waals surface area contributed by atoms with Crippen molar-refractivity contribution in [3.63, 3.8) is 0 Å². The van der Waals surface area contributed by atoms with E-state index in [2.05, 4.69) is 15.3 Å². The van der Waals surface area contributed by atoms with Gasteiger partial charge in [0.2, 0.25) is 0 Å². The van der Waals surface area contributed by atoms with Gasteiger partial charge in [0.1, 0.15) is 11.3 Å². The van der Waals surface area contributed by atoms with Crippen molar-refractivity contribution in [1.82, 2.24) is 20.0 Å². The summed E-state index contributed by atoms with van der Waals surface area (Å²) in [7, 11) is 1.64. The van der Waals surface area contributed by atoms with Gasteiger partial charge in [-0.05, 0) is 13.0 Å². The standard InChI is InChI=1S/C17H24N4O3/c1-3-18-17(22)15-13-5-4-6-14(23-2)16(13)21(19-15)8-7-20-9-11-24-12-10-20/h4-6H,3,7-12H2,1-2H3,(H,18,22). The largest absolute Gasteiger partial charge is 0.494 e. The van der Waals surface area contributed by atoms with E-state index in [-0.39, 0.29) is 5.91 Å². The predicted molar refractivity (Wildman–Crippen MR) is 91.6 cm³/mol. The fourth-order valence-electron chi connectivity index (χ4n) is 3.00. The zero-order valence-corrected chi connectivity index (χ0v) is 14.2. The van der Waals surface area contributed by atoms with Crippen molar-refractivity contribution in [2.45, 2.75) is 13.5 Å². The van der Waals surface area contributed by atoms with Gasteiger partial charge in [0.15, 0.2) is 5.69 Å². The van der Waals surface area contributed by atoms with Gasteiger partial charge in [0, 0.05) is 31.6 Å². The van der Waals surface area contributed by atoms with Gasteiger partial charge < -0.3 is 14.8 Å². The predicted octanol–water partition coefficient (Wildman–Crippen LogP) is 1.13. The molecular formula is C17H24N4O3. The molecule has 2 heterocycles. The highest BCUT2D eigenvalue weighted by Gasteiger charge is 2.20. The average Bonchev–Trinajstić information content (AvgIpc) is 3.00. The number of hydrogen-bond donors (Lipinski definition) is 1. The second kappa shape index (κ2) is 7.63. The highest BCUT2D eigenvalue weighted by atomic mass is 16.5. The van der Waals surface area contributed by atoms with Gasteiger partial charge in [-0.3, -0.25) is 14.4 Å². The zero-order valence-electron chi connectivity index (χ0n) is 14.2. The van der Waals surface area contributed by atoms with Crippen LogP contribution in [-0.2, 0) is 11.3 Å². The molecule has 1 amide bonds. The second-order valence-corrected chi connectivity index (χ2v) is 5.74. The van der Waals surface area contributed by atoms with Crippen LogP contribution in [0.1, 0.15) is 17.4 Å².